The number of aromatic nitrogens is 3. The predicted molar refractivity (Wildman–Crippen MR) is 115 cm³/mol. The number of benzene rings is 1. The van der Waals surface area contributed by atoms with Gasteiger partial charge in [0.05, 0.1) is 12.0 Å². The Labute approximate surface area is 177 Å². The molecular formula is C22H26N4O3S. The van der Waals surface area contributed by atoms with Gasteiger partial charge in [-0.3, -0.25) is 4.98 Å². The number of aryl methyl sites for hydroxylation is 1. The first-order valence-corrected chi connectivity index (χ1v) is 11.5. The summed E-state index contributed by atoms with van der Waals surface area (Å²) in [5.74, 6) is 1.62. The van der Waals surface area contributed by atoms with E-state index in [9.17, 15) is 8.42 Å². The summed E-state index contributed by atoms with van der Waals surface area (Å²) in [4.78, 5) is 9.04. The Morgan fingerprint density at radius 3 is 2.83 bits per heavy atom. The second-order valence-corrected chi connectivity index (χ2v) is 9.56. The molecule has 2 aromatic heterocycles. The molecule has 0 N–H and O–H groups in total. The molecule has 1 saturated heterocycles. The van der Waals surface area contributed by atoms with E-state index in [0.717, 1.165) is 36.5 Å². The van der Waals surface area contributed by atoms with Gasteiger partial charge in [-0.1, -0.05) is 6.07 Å². The molecule has 0 bridgehead atoms. The Morgan fingerprint density at radius 2 is 2.07 bits per heavy atom. The van der Waals surface area contributed by atoms with Crippen LogP contribution >= 0.6 is 0 Å². The molecule has 1 aliphatic heterocycles. The monoisotopic (exact) mass is 426 g/mol. The molecule has 0 spiro atoms. The molecular weight excluding hydrogens is 400 g/mol. The number of hydrogen-bond acceptors (Lipinski definition) is 5. The van der Waals surface area contributed by atoms with Crippen molar-refractivity contribution in [1.29, 1.82) is 0 Å². The first-order chi connectivity index (χ1) is 14.5. The van der Waals surface area contributed by atoms with Crippen molar-refractivity contribution in [2.75, 3.05) is 20.2 Å². The van der Waals surface area contributed by atoms with Gasteiger partial charge in [0, 0.05) is 55.5 Å². The average molecular weight is 427 g/mol. The Hall–Kier alpha value is -2.71. The van der Waals surface area contributed by atoms with Crippen LogP contribution in [-0.4, -0.2) is 47.5 Å². The zero-order valence-electron chi connectivity index (χ0n) is 17.2. The third-order valence-corrected chi connectivity index (χ3v) is 7.44. The first-order valence-electron chi connectivity index (χ1n) is 10.1. The Bertz CT molecular complexity index is 1110. The number of ether oxygens (including phenoxy) is 1. The van der Waals surface area contributed by atoms with Crippen molar-refractivity contribution in [3.05, 3.63) is 60.7 Å². The number of sulfonamides is 1. The number of imidazole rings is 1. The minimum absolute atomic E-state index is 0.211. The smallest absolute Gasteiger partial charge is 0.243 e. The van der Waals surface area contributed by atoms with E-state index < -0.39 is 10.0 Å². The maximum Gasteiger partial charge on any atom is 0.243 e. The van der Waals surface area contributed by atoms with Crippen LogP contribution in [0.4, 0.5) is 0 Å². The van der Waals surface area contributed by atoms with Crippen molar-refractivity contribution in [1.82, 2.24) is 18.8 Å². The molecule has 0 aliphatic carbocycles. The summed E-state index contributed by atoms with van der Waals surface area (Å²) in [6.45, 7) is 3.78. The van der Waals surface area contributed by atoms with Crippen LogP contribution in [0.25, 0.3) is 11.4 Å². The molecule has 0 radical (unpaired) electrons. The summed E-state index contributed by atoms with van der Waals surface area (Å²) in [5, 5.41) is 0. The molecule has 8 heteroatoms. The number of rotatable bonds is 6. The zero-order chi connectivity index (χ0) is 21.1. The van der Waals surface area contributed by atoms with Crippen LogP contribution < -0.4 is 4.74 Å². The number of nitrogens with zero attached hydrogens (tertiary/aromatic N) is 4. The van der Waals surface area contributed by atoms with Crippen molar-refractivity contribution in [2.24, 2.45) is 5.92 Å². The fraction of sp³-hybridized carbons (Fsp3) is 0.364. The highest BCUT2D eigenvalue weighted by Crippen LogP contribution is 2.28. The van der Waals surface area contributed by atoms with Gasteiger partial charge in [-0.25, -0.2) is 13.4 Å². The van der Waals surface area contributed by atoms with Crippen LogP contribution in [0.15, 0.2) is 59.9 Å². The lowest BCUT2D eigenvalue weighted by molar-refractivity contribution is 0.245. The molecule has 1 fully saturated rings. The van der Waals surface area contributed by atoms with Gasteiger partial charge in [0.2, 0.25) is 10.0 Å². The summed E-state index contributed by atoms with van der Waals surface area (Å²) >= 11 is 0. The lowest BCUT2D eigenvalue weighted by Gasteiger charge is -2.32. The summed E-state index contributed by atoms with van der Waals surface area (Å²) in [6.07, 6.45) is 7.22. The fourth-order valence-electron chi connectivity index (χ4n) is 3.98. The Kier molecular flexibility index (Phi) is 5.87. The highest BCUT2D eigenvalue weighted by atomic mass is 32.2. The van der Waals surface area contributed by atoms with Crippen LogP contribution in [0.1, 0.15) is 18.5 Å². The van der Waals surface area contributed by atoms with Gasteiger partial charge in [0.15, 0.2) is 0 Å². The first kappa shape index (κ1) is 20.6. The summed E-state index contributed by atoms with van der Waals surface area (Å²) < 4.78 is 35.4. The molecule has 1 unspecified atom stereocenters. The molecule has 4 rings (SSSR count). The molecule has 1 aromatic carbocycles. The third-order valence-electron chi connectivity index (χ3n) is 5.58. The number of hydrogen-bond donors (Lipinski definition) is 0. The van der Waals surface area contributed by atoms with Crippen LogP contribution in [0.2, 0.25) is 0 Å². The topological polar surface area (TPSA) is 77.3 Å². The molecule has 3 heterocycles. The van der Waals surface area contributed by atoms with E-state index >= 15 is 0 Å². The molecule has 0 saturated carbocycles. The molecule has 1 aliphatic rings. The van der Waals surface area contributed by atoms with Gasteiger partial charge in [0.1, 0.15) is 11.6 Å². The molecule has 7 nitrogen and oxygen atoms in total. The number of pyridine rings is 1. The van der Waals surface area contributed by atoms with Gasteiger partial charge in [0.25, 0.3) is 0 Å². The van der Waals surface area contributed by atoms with Crippen LogP contribution in [0.3, 0.4) is 0 Å². The SMILES string of the molecule is COc1cccc(S(=O)(=O)N2CCCC(Cn3c(C)cnc3-c3cccnc3)C2)c1. The minimum Gasteiger partial charge on any atom is -0.497 e. The van der Waals surface area contributed by atoms with Crippen molar-refractivity contribution in [3.63, 3.8) is 0 Å². The molecule has 0 amide bonds. The molecule has 3 aromatic rings. The van der Waals surface area contributed by atoms with Gasteiger partial charge < -0.3 is 9.30 Å². The van der Waals surface area contributed by atoms with Gasteiger partial charge in [-0.05, 0) is 49.9 Å². The maximum absolute atomic E-state index is 13.2. The number of piperidine rings is 1. The van der Waals surface area contributed by atoms with Gasteiger partial charge in [-0.2, -0.15) is 4.31 Å². The number of methoxy groups -OCH3 is 1. The van der Waals surface area contributed by atoms with E-state index in [0.29, 0.717) is 18.8 Å². The normalized spacial score (nSPS) is 17.7. The Morgan fingerprint density at radius 1 is 1.20 bits per heavy atom. The fourth-order valence-corrected chi connectivity index (χ4v) is 5.57. The lowest BCUT2D eigenvalue weighted by Crippen LogP contribution is -2.41. The third kappa shape index (κ3) is 4.11. The van der Waals surface area contributed by atoms with E-state index in [4.69, 9.17) is 4.74 Å². The van der Waals surface area contributed by atoms with Crippen molar-refractivity contribution < 1.29 is 13.2 Å². The molecule has 158 valence electrons. The zero-order valence-corrected chi connectivity index (χ0v) is 18.0. The van der Waals surface area contributed by atoms with E-state index in [1.807, 2.05) is 25.3 Å². The largest absolute Gasteiger partial charge is 0.497 e. The van der Waals surface area contributed by atoms with E-state index in [-0.39, 0.29) is 10.8 Å². The molecule has 1 atom stereocenters. The lowest BCUT2D eigenvalue weighted by atomic mass is 9.99. The Balaban J connectivity index is 1.55. The standard InChI is InChI=1S/C22H26N4O3S/c1-17-13-24-22(19-7-4-10-23-14-19)26(17)16-18-6-5-11-25(15-18)30(27,28)21-9-3-8-20(12-21)29-2/h3-4,7-10,12-14,18H,5-6,11,15-16H2,1-2H3. The van der Waals surface area contributed by atoms with Crippen molar-refractivity contribution in [3.8, 4) is 17.1 Å². The van der Waals surface area contributed by atoms with E-state index in [1.54, 1.807) is 41.0 Å². The average Bonchev–Trinajstić information content (AvgIpc) is 3.14. The van der Waals surface area contributed by atoms with Crippen molar-refractivity contribution in [2.45, 2.75) is 31.2 Å². The minimum atomic E-state index is -3.56. The summed E-state index contributed by atoms with van der Waals surface area (Å²) in [7, 11) is -2.02. The maximum atomic E-state index is 13.2. The molecule has 30 heavy (non-hydrogen) atoms. The van der Waals surface area contributed by atoms with E-state index in [2.05, 4.69) is 14.5 Å². The summed E-state index contributed by atoms with van der Waals surface area (Å²) in [5.41, 5.74) is 2.02. The van der Waals surface area contributed by atoms with Gasteiger partial charge in [-0.15, -0.1) is 0 Å². The quantitative estimate of drug-likeness (QED) is 0.604. The van der Waals surface area contributed by atoms with Crippen LogP contribution in [-0.2, 0) is 16.6 Å². The highest BCUT2D eigenvalue weighted by Gasteiger charge is 2.31. The summed E-state index contributed by atoms with van der Waals surface area (Å²) in [6, 6.07) is 10.6. The van der Waals surface area contributed by atoms with Crippen LogP contribution in [0, 0.1) is 12.8 Å². The van der Waals surface area contributed by atoms with E-state index in [1.165, 1.54) is 7.11 Å². The second kappa shape index (κ2) is 8.57. The predicted octanol–water partition coefficient (Wildman–Crippen LogP) is 3.36. The van der Waals surface area contributed by atoms with Crippen molar-refractivity contribution >= 4 is 10.0 Å². The van der Waals surface area contributed by atoms with Crippen LogP contribution in [0.5, 0.6) is 5.75 Å². The van der Waals surface area contributed by atoms with Gasteiger partial charge >= 0.3 is 0 Å². The second-order valence-electron chi connectivity index (χ2n) is 7.63. The highest BCUT2D eigenvalue weighted by molar-refractivity contribution is 7.89.